The molecule has 2 aromatic heterocycles. The Labute approximate surface area is 220 Å². The Kier molecular flexibility index (Phi) is 7.45. The van der Waals surface area contributed by atoms with Crippen LogP contribution in [0.4, 0.5) is 5.69 Å². The lowest BCUT2D eigenvalue weighted by Gasteiger charge is -2.34. The molecular formula is C27H29ClN6O3. The van der Waals surface area contributed by atoms with Gasteiger partial charge in [0.05, 0.1) is 0 Å². The third-order valence-corrected chi connectivity index (χ3v) is 5.78. The molecule has 4 aromatic rings. The second kappa shape index (κ2) is 10.6. The zero-order valence-electron chi connectivity index (χ0n) is 21.4. The average Bonchev–Trinajstić information content (AvgIpc) is 3.46. The maximum absolute atomic E-state index is 13.9. The van der Waals surface area contributed by atoms with Crippen molar-refractivity contribution in [2.24, 2.45) is 0 Å². The Bertz CT molecular complexity index is 1400. The number of halogens is 1. The van der Waals surface area contributed by atoms with Crippen LogP contribution in [0.5, 0.6) is 0 Å². The van der Waals surface area contributed by atoms with Crippen molar-refractivity contribution in [1.29, 1.82) is 0 Å². The highest BCUT2D eigenvalue weighted by Crippen LogP contribution is 2.32. The number of rotatable bonds is 7. The first-order chi connectivity index (χ1) is 17.5. The van der Waals surface area contributed by atoms with Crippen LogP contribution in [0.1, 0.15) is 43.7 Å². The van der Waals surface area contributed by atoms with Crippen molar-refractivity contribution in [3.63, 3.8) is 0 Å². The normalized spacial score (nSPS) is 12.3. The zero-order valence-corrected chi connectivity index (χ0v) is 22.2. The Morgan fingerprint density at radius 1 is 1.05 bits per heavy atom. The lowest BCUT2D eigenvalue weighted by atomic mass is 10.00. The van der Waals surface area contributed by atoms with Crippen LogP contribution >= 0.6 is 11.6 Å². The molecule has 0 unspecified atom stereocenters. The van der Waals surface area contributed by atoms with Crippen LogP contribution in [0.3, 0.4) is 0 Å². The molecule has 37 heavy (non-hydrogen) atoms. The number of carbonyl (C=O) groups is 2. The van der Waals surface area contributed by atoms with Crippen molar-refractivity contribution in [1.82, 2.24) is 25.5 Å². The minimum absolute atomic E-state index is 0.242. The predicted molar refractivity (Wildman–Crippen MR) is 141 cm³/mol. The molecule has 4 rings (SSSR count). The van der Waals surface area contributed by atoms with Gasteiger partial charge in [0.1, 0.15) is 18.3 Å². The van der Waals surface area contributed by atoms with Gasteiger partial charge in [0.2, 0.25) is 11.7 Å². The molecular weight excluding hydrogens is 492 g/mol. The van der Waals surface area contributed by atoms with Crippen LogP contribution in [-0.2, 0) is 16.1 Å². The van der Waals surface area contributed by atoms with Gasteiger partial charge in [-0.25, -0.2) is 0 Å². The third-order valence-electron chi connectivity index (χ3n) is 5.52. The van der Waals surface area contributed by atoms with Crippen LogP contribution in [0, 0.1) is 13.8 Å². The fraction of sp³-hybridized carbons (Fsp3) is 0.296. The first-order valence-corrected chi connectivity index (χ1v) is 12.2. The molecule has 2 aromatic carbocycles. The van der Waals surface area contributed by atoms with Crippen LogP contribution in [0.2, 0.25) is 5.02 Å². The number of anilines is 1. The van der Waals surface area contributed by atoms with E-state index in [2.05, 4.69) is 20.7 Å². The van der Waals surface area contributed by atoms with E-state index in [4.69, 9.17) is 16.0 Å². The number of para-hydroxylation sites is 1. The van der Waals surface area contributed by atoms with E-state index in [1.807, 2.05) is 58.9 Å². The SMILES string of the molecule is Cc1ccc(-c2nnn(CC(=O)N(c3ccccc3C)[C@H](C(=O)NC(C)(C)C)c3ccc(Cl)cc3)n2)o1. The second-order valence-corrected chi connectivity index (χ2v) is 10.2. The van der Waals surface area contributed by atoms with Crippen LogP contribution in [-0.4, -0.2) is 37.6 Å². The summed E-state index contributed by atoms with van der Waals surface area (Å²) >= 11 is 6.13. The molecule has 1 N–H and O–H groups in total. The molecule has 0 spiro atoms. The largest absolute Gasteiger partial charge is 0.458 e. The van der Waals surface area contributed by atoms with Gasteiger partial charge in [-0.1, -0.05) is 41.9 Å². The predicted octanol–water partition coefficient (Wildman–Crippen LogP) is 4.89. The smallest absolute Gasteiger partial charge is 0.251 e. The van der Waals surface area contributed by atoms with Crippen LogP contribution in [0.15, 0.2) is 65.1 Å². The molecule has 192 valence electrons. The van der Waals surface area contributed by atoms with Gasteiger partial charge in [-0.05, 0) is 81.3 Å². The Hall–Kier alpha value is -3.98. The number of carbonyl (C=O) groups excluding carboxylic acids is 2. The standard InChI is InChI=1S/C27H29ClN6O3/c1-17-8-6-7-9-21(17)34(23(35)16-33-31-25(30-32-33)22-15-10-18(2)37-22)24(26(36)29-27(3,4)5)19-11-13-20(28)14-12-19/h6-15,24H,16H2,1-5H3,(H,29,36)/t24-/m0/s1. The molecule has 0 saturated carbocycles. The van der Waals surface area contributed by atoms with Gasteiger partial charge in [0, 0.05) is 16.2 Å². The summed E-state index contributed by atoms with van der Waals surface area (Å²) in [6.07, 6.45) is 0. The summed E-state index contributed by atoms with van der Waals surface area (Å²) in [7, 11) is 0. The zero-order chi connectivity index (χ0) is 26.7. The van der Waals surface area contributed by atoms with Gasteiger partial charge in [0.15, 0.2) is 5.76 Å². The van der Waals surface area contributed by atoms with Gasteiger partial charge in [-0.15, -0.1) is 10.2 Å². The minimum Gasteiger partial charge on any atom is -0.458 e. The number of aryl methyl sites for hydroxylation is 2. The number of aromatic nitrogens is 4. The maximum atomic E-state index is 13.9. The number of benzene rings is 2. The molecule has 0 aliphatic rings. The van der Waals surface area contributed by atoms with E-state index in [0.29, 0.717) is 27.8 Å². The molecule has 2 heterocycles. The number of hydrogen-bond donors (Lipinski definition) is 1. The lowest BCUT2D eigenvalue weighted by molar-refractivity contribution is -0.128. The van der Waals surface area contributed by atoms with E-state index < -0.39 is 17.5 Å². The lowest BCUT2D eigenvalue weighted by Crippen LogP contribution is -2.50. The molecule has 0 bridgehead atoms. The van der Waals surface area contributed by atoms with E-state index in [1.54, 1.807) is 36.4 Å². The van der Waals surface area contributed by atoms with Crippen LogP contribution < -0.4 is 10.2 Å². The van der Waals surface area contributed by atoms with Crippen molar-refractivity contribution < 1.29 is 14.0 Å². The van der Waals surface area contributed by atoms with E-state index >= 15 is 0 Å². The second-order valence-electron chi connectivity index (χ2n) is 9.80. The summed E-state index contributed by atoms with van der Waals surface area (Å²) in [4.78, 5) is 30.3. The molecule has 0 aliphatic heterocycles. The summed E-state index contributed by atoms with van der Waals surface area (Å²) in [6, 6.07) is 16.9. The fourth-order valence-electron chi connectivity index (χ4n) is 3.91. The minimum atomic E-state index is -0.971. The Morgan fingerprint density at radius 3 is 2.38 bits per heavy atom. The number of hydrogen-bond acceptors (Lipinski definition) is 6. The molecule has 2 amide bonds. The summed E-state index contributed by atoms with van der Waals surface area (Å²) in [5.41, 5.74) is 1.52. The number of tetrazole rings is 1. The molecule has 1 atom stereocenters. The molecule has 9 nitrogen and oxygen atoms in total. The topological polar surface area (TPSA) is 106 Å². The number of furan rings is 1. The van der Waals surface area contributed by atoms with Gasteiger partial charge in [-0.3, -0.25) is 14.5 Å². The van der Waals surface area contributed by atoms with E-state index in [9.17, 15) is 9.59 Å². The first kappa shape index (κ1) is 26.1. The van der Waals surface area contributed by atoms with Gasteiger partial charge in [-0.2, -0.15) is 4.80 Å². The van der Waals surface area contributed by atoms with E-state index in [1.165, 1.54) is 9.70 Å². The molecule has 0 radical (unpaired) electrons. The van der Waals surface area contributed by atoms with Crippen molar-refractivity contribution in [3.8, 4) is 11.6 Å². The average molecular weight is 521 g/mol. The number of nitrogens with one attached hydrogen (secondary N) is 1. The monoisotopic (exact) mass is 520 g/mol. The van der Waals surface area contributed by atoms with Gasteiger partial charge in [0.25, 0.3) is 5.91 Å². The van der Waals surface area contributed by atoms with Crippen molar-refractivity contribution in [2.45, 2.75) is 52.7 Å². The quantitative estimate of drug-likeness (QED) is 0.372. The molecule has 10 heteroatoms. The van der Waals surface area contributed by atoms with Gasteiger partial charge < -0.3 is 9.73 Å². The highest BCUT2D eigenvalue weighted by atomic mass is 35.5. The van der Waals surface area contributed by atoms with Crippen molar-refractivity contribution in [2.75, 3.05) is 4.90 Å². The number of nitrogens with zero attached hydrogens (tertiary/aromatic N) is 5. The Morgan fingerprint density at radius 2 is 1.76 bits per heavy atom. The third kappa shape index (κ3) is 6.24. The van der Waals surface area contributed by atoms with Crippen molar-refractivity contribution >= 4 is 29.1 Å². The summed E-state index contributed by atoms with van der Waals surface area (Å²) in [5, 5.41) is 15.9. The maximum Gasteiger partial charge on any atom is 0.251 e. The Balaban J connectivity index is 1.76. The molecule has 0 fully saturated rings. The van der Waals surface area contributed by atoms with E-state index in [0.717, 1.165) is 5.56 Å². The number of amides is 2. The summed E-state index contributed by atoms with van der Waals surface area (Å²) < 4.78 is 5.57. The summed E-state index contributed by atoms with van der Waals surface area (Å²) in [5.74, 6) is 0.713. The highest BCUT2D eigenvalue weighted by Gasteiger charge is 2.35. The molecule has 0 aliphatic carbocycles. The first-order valence-electron chi connectivity index (χ1n) is 11.8. The van der Waals surface area contributed by atoms with Crippen molar-refractivity contribution in [3.05, 3.63) is 82.6 Å². The summed E-state index contributed by atoms with van der Waals surface area (Å²) in [6.45, 7) is 9.13. The van der Waals surface area contributed by atoms with E-state index in [-0.39, 0.29) is 18.3 Å². The molecule has 0 saturated heterocycles. The fourth-order valence-corrected chi connectivity index (χ4v) is 4.04. The van der Waals surface area contributed by atoms with Crippen LogP contribution in [0.25, 0.3) is 11.6 Å². The highest BCUT2D eigenvalue weighted by molar-refractivity contribution is 6.30. The van der Waals surface area contributed by atoms with Gasteiger partial charge >= 0.3 is 0 Å².